The Morgan fingerprint density at radius 1 is 1.10 bits per heavy atom. The number of pyridine rings is 1. The molecule has 2 heterocycles. The number of nitrogens with one attached hydrogen (secondary N) is 2. The van der Waals surface area contributed by atoms with Crippen molar-refractivity contribution in [2.75, 3.05) is 29.0 Å². The summed E-state index contributed by atoms with van der Waals surface area (Å²) in [5.74, 6) is -1.17. The topological polar surface area (TPSA) is 91.4 Å². The minimum atomic E-state index is -4.59. The Hall–Kier alpha value is -2.89. The van der Waals surface area contributed by atoms with Gasteiger partial charge in [-0.1, -0.05) is 31.9 Å². The Bertz CT molecular complexity index is 1290. The SMILES string of the molecule is CC1CCN(c2nc(C(F)(F)F)ccc2CNC(=O)C(c2ccc(NS(C)(=O)=O)c(F)c2)C2CCCC2)CC1. The number of hydrogen-bond donors (Lipinski definition) is 2. The van der Waals surface area contributed by atoms with E-state index >= 15 is 0 Å². The van der Waals surface area contributed by atoms with Gasteiger partial charge >= 0.3 is 6.18 Å². The fourth-order valence-electron chi connectivity index (χ4n) is 5.50. The third-order valence-corrected chi connectivity index (χ3v) is 8.17. The highest BCUT2D eigenvalue weighted by atomic mass is 32.2. The van der Waals surface area contributed by atoms with Crippen LogP contribution in [0.5, 0.6) is 0 Å². The highest BCUT2D eigenvalue weighted by molar-refractivity contribution is 7.92. The van der Waals surface area contributed by atoms with Crippen molar-refractivity contribution in [3.05, 3.63) is 53.0 Å². The van der Waals surface area contributed by atoms with Gasteiger partial charge in [-0.25, -0.2) is 17.8 Å². The number of nitrogens with zero attached hydrogens (tertiary/aromatic N) is 2. The second-order valence-corrected chi connectivity index (χ2v) is 12.4. The number of rotatable bonds is 8. The summed E-state index contributed by atoms with van der Waals surface area (Å²) in [6.07, 6.45) is 1.44. The number of hydrogen-bond acceptors (Lipinski definition) is 5. The number of amides is 1. The minimum absolute atomic E-state index is 0.0230. The van der Waals surface area contributed by atoms with E-state index in [1.165, 1.54) is 18.2 Å². The molecule has 1 saturated carbocycles. The molecule has 7 nitrogen and oxygen atoms in total. The summed E-state index contributed by atoms with van der Waals surface area (Å²) in [5.41, 5.74) is -0.279. The number of sulfonamides is 1. The first-order valence-electron chi connectivity index (χ1n) is 13.2. The van der Waals surface area contributed by atoms with E-state index in [-0.39, 0.29) is 29.9 Å². The van der Waals surface area contributed by atoms with Gasteiger partial charge in [-0.2, -0.15) is 13.2 Å². The minimum Gasteiger partial charge on any atom is -0.356 e. The van der Waals surface area contributed by atoms with E-state index in [0.717, 1.165) is 50.8 Å². The lowest BCUT2D eigenvalue weighted by atomic mass is 9.84. The van der Waals surface area contributed by atoms with Crippen LogP contribution in [-0.2, 0) is 27.5 Å². The van der Waals surface area contributed by atoms with E-state index < -0.39 is 33.6 Å². The van der Waals surface area contributed by atoms with Gasteiger partial charge in [0.25, 0.3) is 0 Å². The van der Waals surface area contributed by atoms with Crippen molar-refractivity contribution >= 4 is 27.4 Å². The molecule has 1 amide bonds. The van der Waals surface area contributed by atoms with Crippen LogP contribution >= 0.6 is 0 Å². The van der Waals surface area contributed by atoms with Crippen LogP contribution in [0.2, 0.25) is 0 Å². The molecule has 1 atom stereocenters. The zero-order valence-electron chi connectivity index (χ0n) is 22.0. The van der Waals surface area contributed by atoms with Crippen molar-refractivity contribution < 1.29 is 30.8 Å². The number of carbonyl (C=O) groups is 1. The average molecular weight is 571 g/mol. The summed E-state index contributed by atoms with van der Waals surface area (Å²) < 4.78 is 80.3. The number of halogens is 4. The molecule has 2 aromatic rings. The summed E-state index contributed by atoms with van der Waals surface area (Å²) in [6.45, 7) is 3.24. The second-order valence-electron chi connectivity index (χ2n) is 10.7. The fraction of sp³-hybridized carbons (Fsp3) is 0.556. The molecule has 1 aromatic heterocycles. The molecule has 0 radical (unpaired) electrons. The van der Waals surface area contributed by atoms with Crippen LogP contribution in [-0.4, -0.2) is 38.7 Å². The van der Waals surface area contributed by atoms with E-state index in [9.17, 15) is 30.8 Å². The van der Waals surface area contributed by atoms with Crippen LogP contribution in [0.4, 0.5) is 29.1 Å². The highest BCUT2D eigenvalue weighted by Gasteiger charge is 2.35. The van der Waals surface area contributed by atoms with Crippen LogP contribution in [0, 0.1) is 17.7 Å². The predicted octanol–water partition coefficient (Wildman–Crippen LogP) is 5.44. The third kappa shape index (κ3) is 7.40. The lowest BCUT2D eigenvalue weighted by Crippen LogP contribution is -2.36. The van der Waals surface area contributed by atoms with Crippen LogP contribution in [0.25, 0.3) is 0 Å². The van der Waals surface area contributed by atoms with Crippen molar-refractivity contribution in [2.24, 2.45) is 11.8 Å². The zero-order chi connectivity index (χ0) is 28.4. The molecule has 4 rings (SSSR count). The molecule has 1 aliphatic heterocycles. The maximum absolute atomic E-state index is 14.8. The third-order valence-electron chi connectivity index (χ3n) is 7.58. The first-order valence-corrected chi connectivity index (χ1v) is 15.1. The van der Waals surface area contributed by atoms with Crippen LogP contribution < -0.4 is 14.9 Å². The first kappa shape index (κ1) is 29.1. The van der Waals surface area contributed by atoms with Gasteiger partial charge in [-0.15, -0.1) is 0 Å². The van der Waals surface area contributed by atoms with Crippen molar-refractivity contribution in [1.29, 1.82) is 0 Å². The molecule has 2 fully saturated rings. The second kappa shape index (κ2) is 11.7. The lowest BCUT2D eigenvalue weighted by molar-refractivity contribution is -0.141. The molecule has 2 aliphatic rings. The molecular formula is C27H34F4N4O3S. The number of aromatic nitrogens is 1. The summed E-state index contributed by atoms with van der Waals surface area (Å²) in [4.78, 5) is 19.3. The molecule has 39 heavy (non-hydrogen) atoms. The van der Waals surface area contributed by atoms with E-state index in [1.54, 1.807) is 6.07 Å². The molecule has 2 N–H and O–H groups in total. The fourth-order valence-corrected chi connectivity index (χ4v) is 6.06. The highest BCUT2D eigenvalue weighted by Crippen LogP contribution is 2.39. The molecule has 214 valence electrons. The standard InChI is InChI=1S/C27H34F4N4O3S/c1-17-11-13-35(14-12-17)25-20(8-10-23(33-25)27(29,30)31)16-32-26(36)24(18-5-3-4-6-18)19-7-9-22(21(28)15-19)34-39(2,37)38/h7-10,15,17-18,24,34H,3-6,11-14,16H2,1-2H3,(H,32,36). The number of piperidine rings is 1. The van der Waals surface area contributed by atoms with E-state index in [2.05, 4.69) is 21.9 Å². The van der Waals surface area contributed by atoms with E-state index in [0.29, 0.717) is 30.1 Å². The van der Waals surface area contributed by atoms with Gasteiger partial charge in [0.15, 0.2) is 0 Å². The maximum Gasteiger partial charge on any atom is 0.433 e. The number of alkyl halides is 3. The Kier molecular flexibility index (Phi) is 8.72. The van der Waals surface area contributed by atoms with Gasteiger partial charge in [0.05, 0.1) is 17.9 Å². The van der Waals surface area contributed by atoms with Gasteiger partial charge in [0.2, 0.25) is 15.9 Å². The monoisotopic (exact) mass is 570 g/mol. The van der Waals surface area contributed by atoms with Gasteiger partial charge in [0.1, 0.15) is 17.3 Å². The normalized spacial score (nSPS) is 18.3. The molecule has 0 spiro atoms. The summed E-state index contributed by atoms with van der Waals surface area (Å²) in [7, 11) is -3.68. The van der Waals surface area contributed by atoms with Crippen molar-refractivity contribution in [1.82, 2.24) is 10.3 Å². The largest absolute Gasteiger partial charge is 0.433 e. The molecule has 0 bridgehead atoms. The van der Waals surface area contributed by atoms with E-state index in [1.807, 2.05) is 4.90 Å². The van der Waals surface area contributed by atoms with Gasteiger partial charge in [-0.05, 0) is 61.3 Å². The van der Waals surface area contributed by atoms with Gasteiger partial charge < -0.3 is 10.2 Å². The number of benzene rings is 1. The molecule has 1 saturated heterocycles. The Labute approximate surface area is 226 Å². The summed E-state index contributed by atoms with van der Waals surface area (Å²) >= 11 is 0. The summed E-state index contributed by atoms with van der Waals surface area (Å²) in [6, 6.07) is 6.31. The van der Waals surface area contributed by atoms with Crippen LogP contribution in [0.15, 0.2) is 30.3 Å². The molecule has 1 aliphatic carbocycles. The molecule has 1 unspecified atom stereocenters. The van der Waals surface area contributed by atoms with Crippen LogP contribution in [0.1, 0.15) is 68.2 Å². The molecule has 1 aromatic carbocycles. The van der Waals surface area contributed by atoms with Crippen LogP contribution in [0.3, 0.4) is 0 Å². The quantitative estimate of drug-likeness (QED) is 0.413. The van der Waals surface area contributed by atoms with Crippen molar-refractivity contribution in [2.45, 2.75) is 64.1 Å². The lowest BCUT2D eigenvalue weighted by Gasteiger charge is -2.33. The molecular weight excluding hydrogens is 536 g/mol. The Balaban J connectivity index is 1.58. The first-order chi connectivity index (χ1) is 18.3. The summed E-state index contributed by atoms with van der Waals surface area (Å²) in [5, 5.41) is 2.87. The Morgan fingerprint density at radius 2 is 1.77 bits per heavy atom. The number of carbonyl (C=O) groups excluding carboxylic acids is 1. The Morgan fingerprint density at radius 3 is 2.36 bits per heavy atom. The maximum atomic E-state index is 14.8. The molecule has 12 heteroatoms. The number of anilines is 2. The van der Waals surface area contributed by atoms with Crippen molar-refractivity contribution in [3.63, 3.8) is 0 Å². The smallest absolute Gasteiger partial charge is 0.356 e. The van der Waals surface area contributed by atoms with Gasteiger partial charge in [-0.3, -0.25) is 9.52 Å². The average Bonchev–Trinajstić information content (AvgIpc) is 3.38. The van der Waals surface area contributed by atoms with E-state index in [4.69, 9.17) is 0 Å². The van der Waals surface area contributed by atoms with Gasteiger partial charge in [0, 0.05) is 25.2 Å². The zero-order valence-corrected chi connectivity index (χ0v) is 22.8. The predicted molar refractivity (Wildman–Crippen MR) is 141 cm³/mol. The van der Waals surface area contributed by atoms with Crippen molar-refractivity contribution in [3.8, 4) is 0 Å².